The van der Waals surface area contributed by atoms with Crippen molar-refractivity contribution < 1.29 is 9.21 Å². The summed E-state index contributed by atoms with van der Waals surface area (Å²) in [5, 5.41) is 2.83. The second-order valence-corrected chi connectivity index (χ2v) is 4.62. The molecule has 1 heterocycles. The van der Waals surface area contributed by atoms with Gasteiger partial charge in [-0.25, -0.2) is 4.98 Å². The Balaban J connectivity index is 1.76. The van der Waals surface area contributed by atoms with Crippen molar-refractivity contribution in [3.63, 3.8) is 0 Å². The Morgan fingerprint density at radius 1 is 1.26 bits per heavy atom. The highest BCUT2D eigenvalue weighted by Gasteiger charge is 2.06. The van der Waals surface area contributed by atoms with Crippen molar-refractivity contribution in [2.75, 3.05) is 0 Å². The molecule has 4 heteroatoms. The zero-order valence-corrected chi connectivity index (χ0v) is 11.3. The van der Waals surface area contributed by atoms with Crippen LogP contribution < -0.4 is 5.32 Å². The van der Waals surface area contributed by atoms with Gasteiger partial charge >= 0.3 is 0 Å². The molecule has 0 aliphatic rings. The first-order chi connectivity index (χ1) is 9.15. The van der Waals surface area contributed by atoms with Crippen LogP contribution in [0.25, 0.3) is 0 Å². The number of nitrogens with zero attached hydrogens (tertiary/aromatic N) is 1. The summed E-state index contributed by atoms with van der Waals surface area (Å²) in [5.41, 5.74) is 3.23. The van der Waals surface area contributed by atoms with E-state index in [-0.39, 0.29) is 5.91 Å². The summed E-state index contributed by atoms with van der Waals surface area (Å²) in [4.78, 5) is 15.7. The lowest BCUT2D eigenvalue weighted by atomic mass is 10.1. The van der Waals surface area contributed by atoms with E-state index in [9.17, 15) is 4.79 Å². The van der Waals surface area contributed by atoms with Crippen LogP contribution >= 0.6 is 0 Å². The molecule has 0 radical (unpaired) electrons. The van der Waals surface area contributed by atoms with Crippen LogP contribution in [0.4, 0.5) is 0 Å². The van der Waals surface area contributed by atoms with Crippen molar-refractivity contribution >= 4 is 5.91 Å². The molecule has 0 unspecified atom stereocenters. The number of aryl methyl sites for hydroxylation is 3. The molecule has 2 rings (SSSR count). The molecule has 100 valence electrons. The summed E-state index contributed by atoms with van der Waals surface area (Å²) in [5.74, 6) is 0.736. The first-order valence-electron chi connectivity index (χ1n) is 6.36. The van der Waals surface area contributed by atoms with Crippen LogP contribution in [0.15, 0.2) is 35.1 Å². The number of aromatic nitrogens is 1. The Labute approximate surface area is 112 Å². The molecule has 4 nitrogen and oxygen atoms in total. The van der Waals surface area contributed by atoms with Gasteiger partial charge in [0.05, 0.1) is 12.2 Å². The van der Waals surface area contributed by atoms with Gasteiger partial charge in [0, 0.05) is 6.42 Å². The molecule has 0 aliphatic carbocycles. The molecule has 0 saturated heterocycles. The Bertz CT molecular complexity index is 544. The average Bonchev–Trinajstić information content (AvgIpc) is 2.81. The number of rotatable bonds is 5. The minimum absolute atomic E-state index is 0.0244. The molecule has 0 fully saturated rings. The summed E-state index contributed by atoms with van der Waals surface area (Å²) < 4.78 is 5.16. The van der Waals surface area contributed by atoms with E-state index in [1.807, 2.05) is 6.92 Å². The molecule has 1 N–H and O–H groups in total. The number of amides is 1. The molecule has 0 spiro atoms. The third-order valence-electron chi connectivity index (χ3n) is 3.05. The fourth-order valence-corrected chi connectivity index (χ4v) is 1.78. The van der Waals surface area contributed by atoms with E-state index in [0.717, 1.165) is 12.1 Å². The maximum atomic E-state index is 11.7. The van der Waals surface area contributed by atoms with Crippen molar-refractivity contribution in [1.82, 2.24) is 10.3 Å². The second kappa shape index (κ2) is 6.18. The lowest BCUT2D eigenvalue weighted by molar-refractivity contribution is -0.121. The molecule has 1 aromatic heterocycles. The van der Waals surface area contributed by atoms with E-state index in [4.69, 9.17) is 4.42 Å². The Morgan fingerprint density at radius 3 is 2.63 bits per heavy atom. The van der Waals surface area contributed by atoms with Gasteiger partial charge in [-0.1, -0.05) is 29.8 Å². The molecule has 0 atom stereocenters. The van der Waals surface area contributed by atoms with Crippen LogP contribution in [0.3, 0.4) is 0 Å². The summed E-state index contributed by atoms with van der Waals surface area (Å²) in [6, 6.07) is 8.24. The van der Waals surface area contributed by atoms with Crippen LogP contribution in [0.5, 0.6) is 0 Å². The van der Waals surface area contributed by atoms with E-state index in [1.54, 1.807) is 0 Å². The SMILES string of the molecule is Cc1ccc(CCC(=O)NCc2ocnc2C)cc1. The van der Waals surface area contributed by atoms with Crippen LogP contribution in [-0.4, -0.2) is 10.9 Å². The van der Waals surface area contributed by atoms with E-state index in [1.165, 1.54) is 17.5 Å². The largest absolute Gasteiger partial charge is 0.446 e. The van der Waals surface area contributed by atoms with Crippen molar-refractivity contribution in [3.05, 3.63) is 53.2 Å². The minimum atomic E-state index is 0.0244. The first kappa shape index (κ1) is 13.3. The van der Waals surface area contributed by atoms with E-state index < -0.39 is 0 Å². The highest BCUT2D eigenvalue weighted by atomic mass is 16.3. The minimum Gasteiger partial charge on any atom is -0.446 e. The van der Waals surface area contributed by atoms with E-state index >= 15 is 0 Å². The molecule has 1 aromatic carbocycles. The van der Waals surface area contributed by atoms with E-state index in [0.29, 0.717) is 18.7 Å². The standard InChI is InChI=1S/C15H18N2O2/c1-11-3-5-13(6-4-11)7-8-15(18)16-9-14-12(2)17-10-19-14/h3-6,10H,7-9H2,1-2H3,(H,16,18). The molecule has 1 amide bonds. The maximum Gasteiger partial charge on any atom is 0.220 e. The Hall–Kier alpha value is -2.10. The van der Waals surface area contributed by atoms with Crippen molar-refractivity contribution in [3.8, 4) is 0 Å². The van der Waals surface area contributed by atoms with Gasteiger partial charge in [0.15, 0.2) is 6.39 Å². The van der Waals surface area contributed by atoms with Crippen LogP contribution in [0, 0.1) is 13.8 Å². The topological polar surface area (TPSA) is 55.1 Å². The number of hydrogen-bond donors (Lipinski definition) is 1. The molecule has 0 saturated carbocycles. The van der Waals surface area contributed by atoms with Gasteiger partial charge in [0.2, 0.25) is 5.91 Å². The molecule has 19 heavy (non-hydrogen) atoms. The maximum absolute atomic E-state index is 11.7. The predicted octanol–water partition coefficient (Wildman–Crippen LogP) is 2.54. The Kier molecular flexibility index (Phi) is 4.34. The third-order valence-corrected chi connectivity index (χ3v) is 3.05. The zero-order valence-electron chi connectivity index (χ0n) is 11.3. The highest BCUT2D eigenvalue weighted by Crippen LogP contribution is 2.07. The summed E-state index contributed by atoms with van der Waals surface area (Å²) in [6.45, 7) is 4.31. The average molecular weight is 258 g/mol. The van der Waals surface area contributed by atoms with Crippen molar-refractivity contribution in [1.29, 1.82) is 0 Å². The van der Waals surface area contributed by atoms with Crippen LogP contribution in [0.2, 0.25) is 0 Å². The molecular weight excluding hydrogens is 240 g/mol. The van der Waals surface area contributed by atoms with Gasteiger partial charge in [-0.2, -0.15) is 0 Å². The lowest BCUT2D eigenvalue weighted by Gasteiger charge is -2.04. The number of nitrogens with one attached hydrogen (secondary N) is 1. The molecule has 0 aliphatic heterocycles. The fraction of sp³-hybridized carbons (Fsp3) is 0.333. The van der Waals surface area contributed by atoms with Gasteiger partial charge in [0.25, 0.3) is 0 Å². The molecule has 0 bridgehead atoms. The number of hydrogen-bond acceptors (Lipinski definition) is 3. The second-order valence-electron chi connectivity index (χ2n) is 4.62. The van der Waals surface area contributed by atoms with E-state index in [2.05, 4.69) is 41.5 Å². The van der Waals surface area contributed by atoms with Crippen molar-refractivity contribution in [2.45, 2.75) is 33.2 Å². The Morgan fingerprint density at radius 2 is 2.00 bits per heavy atom. The van der Waals surface area contributed by atoms with Gasteiger partial charge in [0.1, 0.15) is 5.76 Å². The lowest BCUT2D eigenvalue weighted by Crippen LogP contribution is -2.23. The normalized spacial score (nSPS) is 10.4. The van der Waals surface area contributed by atoms with Gasteiger partial charge < -0.3 is 9.73 Å². The number of carbonyl (C=O) groups is 1. The molecule has 2 aromatic rings. The van der Waals surface area contributed by atoms with Gasteiger partial charge in [-0.05, 0) is 25.8 Å². The van der Waals surface area contributed by atoms with Gasteiger partial charge in [-0.3, -0.25) is 4.79 Å². The smallest absolute Gasteiger partial charge is 0.220 e. The van der Waals surface area contributed by atoms with Crippen LogP contribution in [-0.2, 0) is 17.8 Å². The van der Waals surface area contributed by atoms with Crippen LogP contribution in [0.1, 0.15) is 29.0 Å². The van der Waals surface area contributed by atoms with Crippen molar-refractivity contribution in [2.24, 2.45) is 0 Å². The fourth-order valence-electron chi connectivity index (χ4n) is 1.78. The predicted molar refractivity (Wildman–Crippen MR) is 72.6 cm³/mol. The summed E-state index contributed by atoms with van der Waals surface area (Å²) in [7, 11) is 0. The number of carbonyl (C=O) groups excluding carboxylic acids is 1. The monoisotopic (exact) mass is 258 g/mol. The number of benzene rings is 1. The first-order valence-corrected chi connectivity index (χ1v) is 6.36. The highest BCUT2D eigenvalue weighted by molar-refractivity contribution is 5.76. The summed E-state index contributed by atoms with van der Waals surface area (Å²) in [6.07, 6.45) is 2.63. The molecular formula is C15H18N2O2. The zero-order chi connectivity index (χ0) is 13.7. The quantitative estimate of drug-likeness (QED) is 0.896. The van der Waals surface area contributed by atoms with Gasteiger partial charge in [-0.15, -0.1) is 0 Å². The third kappa shape index (κ3) is 3.95. The summed E-state index contributed by atoms with van der Waals surface area (Å²) >= 11 is 0. The number of oxazole rings is 1.